The van der Waals surface area contributed by atoms with Crippen LogP contribution in [0, 0.1) is 0 Å². The summed E-state index contributed by atoms with van der Waals surface area (Å²) in [5.74, 6) is -1.34. The van der Waals surface area contributed by atoms with Gasteiger partial charge < -0.3 is 10.1 Å². The molecule has 0 heterocycles. The molecule has 0 saturated carbocycles. The number of nitrogens with one attached hydrogen (secondary N) is 1. The topological polar surface area (TPSA) is 116 Å². The molecule has 0 fully saturated rings. The maximum atomic E-state index is 11.8. The standard InChI is InChI=1S/C15H12Cl2N2O5S/c16-12-6-1-9(7-13(12)17)15(21)24-8-14(20)19-10-2-4-11(5-3-10)25(18,22)23/h1-7H,8H2,(H,19,20)(H2,18,22,23). The first-order valence-corrected chi connectivity index (χ1v) is 9.02. The van der Waals surface area contributed by atoms with Gasteiger partial charge in [-0.05, 0) is 42.5 Å². The van der Waals surface area contributed by atoms with Gasteiger partial charge in [0.05, 0.1) is 20.5 Å². The average molecular weight is 403 g/mol. The number of ether oxygens (including phenoxy) is 1. The maximum absolute atomic E-state index is 11.8. The number of hydrogen-bond acceptors (Lipinski definition) is 5. The largest absolute Gasteiger partial charge is 0.452 e. The number of esters is 1. The van der Waals surface area contributed by atoms with E-state index in [1.54, 1.807) is 0 Å². The van der Waals surface area contributed by atoms with Crippen LogP contribution < -0.4 is 10.5 Å². The summed E-state index contributed by atoms with van der Waals surface area (Å²) in [7, 11) is -3.81. The van der Waals surface area contributed by atoms with Gasteiger partial charge in [-0.3, -0.25) is 4.79 Å². The summed E-state index contributed by atoms with van der Waals surface area (Å²) in [5, 5.41) is 7.90. The van der Waals surface area contributed by atoms with Crippen LogP contribution >= 0.6 is 23.2 Å². The second-order valence-electron chi connectivity index (χ2n) is 4.82. The van der Waals surface area contributed by atoms with Crippen LogP contribution in [0.1, 0.15) is 10.4 Å². The van der Waals surface area contributed by atoms with Gasteiger partial charge in [-0.1, -0.05) is 23.2 Å². The lowest BCUT2D eigenvalue weighted by Gasteiger charge is -2.07. The van der Waals surface area contributed by atoms with Gasteiger partial charge in [0.2, 0.25) is 10.0 Å². The van der Waals surface area contributed by atoms with Crippen LogP contribution in [0.2, 0.25) is 10.0 Å². The van der Waals surface area contributed by atoms with Gasteiger partial charge in [0.15, 0.2) is 6.61 Å². The van der Waals surface area contributed by atoms with Crippen molar-refractivity contribution < 1.29 is 22.7 Å². The first-order valence-electron chi connectivity index (χ1n) is 6.72. The fourth-order valence-corrected chi connectivity index (χ4v) is 2.58. The Morgan fingerprint density at radius 2 is 1.68 bits per heavy atom. The van der Waals surface area contributed by atoms with Crippen LogP contribution in [0.25, 0.3) is 0 Å². The van der Waals surface area contributed by atoms with E-state index >= 15 is 0 Å². The van der Waals surface area contributed by atoms with E-state index in [4.69, 9.17) is 33.1 Å². The molecule has 3 N–H and O–H groups in total. The Kier molecular flexibility index (Phi) is 6.02. The number of sulfonamides is 1. The van der Waals surface area contributed by atoms with Gasteiger partial charge in [-0.2, -0.15) is 0 Å². The van der Waals surface area contributed by atoms with Crippen LogP contribution in [-0.2, 0) is 19.6 Å². The molecule has 1 amide bonds. The first-order chi connectivity index (χ1) is 11.7. The zero-order valence-corrected chi connectivity index (χ0v) is 14.9. The molecule has 0 saturated heterocycles. The van der Waals surface area contributed by atoms with Gasteiger partial charge >= 0.3 is 5.97 Å². The highest BCUT2D eigenvalue weighted by atomic mass is 35.5. The molecular formula is C15H12Cl2N2O5S. The second kappa shape index (κ2) is 7.83. The summed E-state index contributed by atoms with van der Waals surface area (Å²) < 4.78 is 27.1. The van der Waals surface area contributed by atoms with Crippen molar-refractivity contribution in [2.24, 2.45) is 5.14 Å². The van der Waals surface area contributed by atoms with Crippen molar-refractivity contribution in [3.05, 3.63) is 58.1 Å². The van der Waals surface area contributed by atoms with E-state index < -0.39 is 28.5 Å². The number of rotatable bonds is 5. The first kappa shape index (κ1) is 19.2. The molecule has 0 bridgehead atoms. The van der Waals surface area contributed by atoms with E-state index in [1.807, 2.05) is 0 Å². The van der Waals surface area contributed by atoms with Crippen LogP contribution in [0.15, 0.2) is 47.4 Å². The highest BCUT2D eigenvalue weighted by Crippen LogP contribution is 2.22. The number of primary sulfonamides is 1. The number of amides is 1. The zero-order valence-electron chi connectivity index (χ0n) is 12.5. The Bertz CT molecular complexity index is 914. The minimum atomic E-state index is -3.81. The fraction of sp³-hybridized carbons (Fsp3) is 0.0667. The third kappa shape index (κ3) is 5.43. The zero-order chi connectivity index (χ0) is 18.6. The van der Waals surface area contributed by atoms with Crippen molar-refractivity contribution >= 4 is 50.8 Å². The van der Waals surface area contributed by atoms with E-state index in [0.717, 1.165) is 0 Å². The molecule has 0 atom stereocenters. The maximum Gasteiger partial charge on any atom is 0.338 e. The number of carbonyl (C=O) groups excluding carboxylic acids is 2. The van der Waals surface area contributed by atoms with E-state index in [0.29, 0.717) is 10.7 Å². The van der Waals surface area contributed by atoms with E-state index in [-0.39, 0.29) is 15.5 Å². The number of anilines is 1. The van der Waals surface area contributed by atoms with Crippen molar-refractivity contribution in [1.82, 2.24) is 0 Å². The molecule has 7 nitrogen and oxygen atoms in total. The number of carbonyl (C=O) groups is 2. The summed E-state index contributed by atoms with van der Waals surface area (Å²) in [5.41, 5.74) is 0.475. The second-order valence-corrected chi connectivity index (χ2v) is 7.20. The number of benzene rings is 2. The number of hydrogen-bond donors (Lipinski definition) is 2. The van der Waals surface area contributed by atoms with E-state index in [2.05, 4.69) is 5.32 Å². The van der Waals surface area contributed by atoms with Crippen LogP contribution in [-0.4, -0.2) is 26.9 Å². The summed E-state index contributed by atoms with van der Waals surface area (Å²) in [6, 6.07) is 9.39. The van der Waals surface area contributed by atoms with Crippen molar-refractivity contribution in [3.63, 3.8) is 0 Å². The predicted octanol–water partition coefficient (Wildman–Crippen LogP) is 2.44. The van der Waals surface area contributed by atoms with Gasteiger partial charge in [0.1, 0.15) is 0 Å². The van der Waals surface area contributed by atoms with Crippen LogP contribution in [0.5, 0.6) is 0 Å². The third-order valence-electron chi connectivity index (χ3n) is 2.96. The lowest BCUT2D eigenvalue weighted by atomic mass is 10.2. The quantitative estimate of drug-likeness (QED) is 0.744. The van der Waals surface area contributed by atoms with Gasteiger partial charge in [0, 0.05) is 5.69 Å². The van der Waals surface area contributed by atoms with E-state index in [1.165, 1.54) is 42.5 Å². The van der Waals surface area contributed by atoms with Gasteiger partial charge in [-0.25, -0.2) is 18.4 Å². The summed E-state index contributed by atoms with van der Waals surface area (Å²) in [4.78, 5) is 23.5. The van der Waals surface area contributed by atoms with Gasteiger partial charge in [-0.15, -0.1) is 0 Å². The van der Waals surface area contributed by atoms with Crippen molar-refractivity contribution in [3.8, 4) is 0 Å². The van der Waals surface area contributed by atoms with Crippen molar-refractivity contribution in [2.45, 2.75) is 4.90 Å². The normalized spacial score (nSPS) is 11.0. The van der Waals surface area contributed by atoms with Crippen LogP contribution in [0.3, 0.4) is 0 Å². The lowest BCUT2D eigenvalue weighted by molar-refractivity contribution is -0.119. The fourth-order valence-electron chi connectivity index (χ4n) is 1.76. The molecule has 0 aromatic heterocycles. The highest BCUT2D eigenvalue weighted by Gasteiger charge is 2.13. The molecule has 25 heavy (non-hydrogen) atoms. The Hall–Kier alpha value is -2.13. The molecule has 10 heteroatoms. The SMILES string of the molecule is NS(=O)(=O)c1ccc(NC(=O)COC(=O)c2ccc(Cl)c(Cl)c2)cc1. The molecule has 0 aliphatic rings. The molecule has 0 radical (unpaired) electrons. The molecule has 0 spiro atoms. The summed E-state index contributed by atoms with van der Waals surface area (Å²) >= 11 is 11.6. The molecule has 2 aromatic carbocycles. The number of halogens is 2. The third-order valence-corrected chi connectivity index (χ3v) is 4.62. The minimum absolute atomic E-state index is 0.0865. The monoisotopic (exact) mass is 402 g/mol. The minimum Gasteiger partial charge on any atom is -0.452 e. The van der Waals surface area contributed by atoms with Gasteiger partial charge in [0.25, 0.3) is 5.91 Å². The predicted molar refractivity (Wildman–Crippen MR) is 93.2 cm³/mol. The van der Waals surface area contributed by atoms with E-state index in [9.17, 15) is 18.0 Å². The molecule has 2 aromatic rings. The Balaban J connectivity index is 1.92. The highest BCUT2D eigenvalue weighted by molar-refractivity contribution is 7.89. The molecule has 0 aliphatic heterocycles. The summed E-state index contributed by atoms with van der Waals surface area (Å²) in [6.07, 6.45) is 0. The van der Waals surface area contributed by atoms with Crippen LogP contribution in [0.4, 0.5) is 5.69 Å². The molecular weight excluding hydrogens is 391 g/mol. The molecule has 0 aliphatic carbocycles. The average Bonchev–Trinajstić information content (AvgIpc) is 2.55. The lowest BCUT2D eigenvalue weighted by Crippen LogP contribution is -2.21. The Labute approximate surface area is 153 Å². The van der Waals surface area contributed by atoms with Crippen molar-refractivity contribution in [1.29, 1.82) is 0 Å². The Morgan fingerprint density at radius 3 is 2.24 bits per heavy atom. The Morgan fingerprint density at radius 1 is 1.04 bits per heavy atom. The van der Waals surface area contributed by atoms with Crippen molar-refractivity contribution in [2.75, 3.05) is 11.9 Å². The molecule has 2 rings (SSSR count). The smallest absolute Gasteiger partial charge is 0.338 e. The summed E-state index contributed by atoms with van der Waals surface area (Å²) in [6.45, 7) is -0.532. The number of nitrogens with two attached hydrogens (primary N) is 1. The molecule has 0 unspecified atom stereocenters. The molecule has 132 valence electrons.